The summed E-state index contributed by atoms with van der Waals surface area (Å²) in [7, 11) is -3.35. The van der Waals surface area contributed by atoms with E-state index in [1.165, 1.54) is 0 Å². The Morgan fingerprint density at radius 3 is 2.76 bits per heavy atom. The van der Waals surface area contributed by atoms with Gasteiger partial charge < -0.3 is 5.32 Å². The highest BCUT2D eigenvalue weighted by Gasteiger charge is 2.11. The van der Waals surface area contributed by atoms with E-state index in [0.29, 0.717) is 24.4 Å². The van der Waals surface area contributed by atoms with Gasteiger partial charge in [-0.2, -0.15) is 0 Å². The van der Waals surface area contributed by atoms with E-state index in [1.54, 1.807) is 6.07 Å². The first-order valence-electron chi connectivity index (χ1n) is 6.91. The van der Waals surface area contributed by atoms with Crippen LogP contribution >= 0.6 is 11.6 Å². The van der Waals surface area contributed by atoms with E-state index in [0.717, 1.165) is 12.0 Å². The van der Waals surface area contributed by atoms with E-state index >= 15 is 0 Å². The van der Waals surface area contributed by atoms with Crippen LogP contribution in [0, 0.1) is 0 Å². The summed E-state index contributed by atoms with van der Waals surface area (Å²) in [4.78, 5) is 11.6. The number of hydrogen-bond acceptors (Lipinski definition) is 3. The van der Waals surface area contributed by atoms with Crippen LogP contribution in [0.4, 0.5) is 0 Å². The highest BCUT2D eigenvalue weighted by Crippen LogP contribution is 2.10. The zero-order valence-electron chi connectivity index (χ0n) is 12.1. The molecule has 0 aliphatic carbocycles. The number of benzene rings is 1. The van der Waals surface area contributed by atoms with E-state index < -0.39 is 10.0 Å². The normalized spacial score (nSPS) is 11.3. The quantitative estimate of drug-likeness (QED) is 0.723. The lowest BCUT2D eigenvalue weighted by molar-refractivity contribution is -0.119. The lowest BCUT2D eigenvalue weighted by Crippen LogP contribution is -2.38. The van der Waals surface area contributed by atoms with Gasteiger partial charge in [0.05, 0.1) is 12.3 Å². The smallest absolute Gasteiger partial charge is 0.235 e. The summed E-state index contributed by atoms with van der Waals surface area (Å²) in [5, 5.41) is 3.33. The predicted octanol–water partition coefficient (Wildman–Crippen LogP) is 1.72. The van der Waals surface area contributed by atoms with E-state index in [1.807, 2.05) is 25.1 Å². The zero-order valence-corrected chi connectivity index (χ0v) is 13.6. The number of nitrogens with one attached hydrogen (secondary N) is 2. The van der Waals surface area contributed by atoms with Gasteiger partial charge in [0, 0.05) is 11.6 Å². The Morgan fingerprint density at radius 2 is 2.10 bits per heavy atom. The molecule has 1 rings (SSSR count). The van der Waals surface area contributed by atoms with Gasteiger partial charge in [-0.05, 0) is 30.5 Å². The number of carbonyl (C=O) groups is 1. The second-order valence-corrected chi connectivity index (χ2v) is 7.09. The van der Waals surface area contributed by atoms with Crippen LogP contribution in [-0.2, 0) is 21.2 Å². The topological polar surface area (TPSA) is 75.3 Å². The van der Waals surface area contributed by atoms with Crippen molar-refractivity contribution in [3.63, 3.8) is 0 Å². The van der Waals surface area contributed by atoms with Crippen molar-refractivity contribution in [2.75, 3.05) is 18.8 Å². The SMILES string of the molecule is CCCCS(=O)(=O)NCC(=O)NCCc1cccc(Cl)c1. The van der Waals surface area contributed by atoms with Crippen LogP contribution in [0.3, 0.4) is 0 Å². The predicted molar refractivity (Wildman–Crippen MR) is 84.9 cm³/mol. The van der Waals surface area contributed by atoms with Gasteiger partial charge in [-0.25, -0.2) is 13.1 Å². The molecule has 0 unspecified atom stereocenters. The van der Waals surface area contributed by atoms with Crippen molar-refractivity contribution >= 4 is 27.5 Å². The maximum absolute atomic E-state index is 11.6. The Bertz CT molecular complexity index is 561. The number of unbranched alkanes of at least 4 members (excludes halogenated alkanes) is 1. The van der Waals surface area contributed by atoms with Crippen LogP contribution in [-0.4, -0.2) is 33.2 Å². The number of sulfonamides is 1. The van der Waals surface area contributed by atoms with Crippen molar-refractivity contribution in [1.82, 2.24) is 10.0 Å². The third-order valence-electron chi connectivity index (χ3n) is 2.84. The fourth-order valence-corrected chi connectivity index (χ4v) is 3.06. The Hall–Kier alpha value is -1.11. The van der Waals surface area contributed by atoms with Crippen molar-refractivity contribution < 1.29 is 13.2 Å². The molecule has 1 amide bonds. The van der Waals surface area contributed by atoms with Crippen molar-refractivity contribution in [2.24, 2.45) is 0 Å². The fraction of sp³-hybridized carbons (Fsp3) is 0.500. The first-order chi connectivity index (χ1) is 9.93. The maximum Gasteiger partial charge on any atom is 0.235 e. The average molecular weight is 333 g/mol. The van der Waals surface area contributed by atoms with Crippen LogP contribution in [0.15, 0.2) is 24.3 Å². The minimum Gasteiger partial charge on any atom is -0.355 e. The molecule has 0 aliphatic heterocycles. The molecule has 0 aliphatic rings. The Morgan fingerprint density at radius 1 is 1.33 bits per heavy atom. The maximum atomic E-state index is 11.6. The summed E-state index contributed by atoms with van der Waals surface area (Å²) < 4.78 is 25.3. The summed E-state index contributed by atoms with van der Waals surface area (Å²) >= 11 is 5.86. The monoisotopic (exact) mass is 332 g/mol. The number of amides is 1. The van der Waals surface area contributed by atoms with Crippen LogP contribution in [0.1, 0.15) is 25.3 Å². The molecule has 0 fully saturated rings. The highest BCUT2D eigenvalue weighted by molar-refractivity contribution is 7.89. The molecule has 1 aromatic rings. The largest absolute Gasteiger partial charge is 0.355 e. The van der Waals surface area contributed by atoms with E-state index in [2.05, 4.69) is 10.0 Å². The molecular formula is C14H21ClN2O3S. The second kappa shape index (κ2) is 9.02. The molecule has 1 aromatic carbocycles. The van der Waals surface area contributed by atoms with Gasteiger partial charge in [-0.15, -0.1) is 0 Å². The molecule has 21 heavy (non-hydrogen) atoms. The van der Waals surface area contributed by atoms with E-state index in [9.17, 15) is 13.2 Å². The lowest BCUT2D eigenvalue weighted by Gasteiger charge is -2.07. The molecule has 0 spiro atoms. The fourth-order valence-electron chi connectivity index (χ4n) is 1.68. The molecule has 118 valence electrons. The molecule has 0 radical (unpaired) electrons. The molecule has 5 nitrogen and oxygen atoms in total. The molecule has 0 saturated carbocycles. The Kier molecular flexibility index (Phi) is 7.71. The Balaban J connectivity index is 2.25. The molecular weight excluding hydrogens is 312 g/mol. The van der Waals surface area contributed by atoms with Crippen LogP contribution < -0.4 is 10.0 Å². The number of rotatable bonds is 9. The van der Waals surface area contributed by atoms with Gasteiger partial charge in [-0.3, -0.25) is 4.79 Å². The van der Waals surface area contributed by atoms with Gasteiger partial charge in [0.2, 0.25) is 15.9 Å². The minimum atomic E-state index is -3.35. The van der Waals surface area contributed by atoms with Gasteiger partial charge in [0.15, 0.2) is 0 Å². The molecule has 0 heterocycles. The standard InChI is InChI=1S/C14H21ClN2O3S/c1-2-3-9-21(19,20)17-11-14(18)16-8-7-12-5-4-6-13(15)10-12/h4-6,10,17H,2-3,7-9,11H2,1H3,(H,16,18). The summed E-state index contributed by atoms with van der Waals surface area (Å²) in [6.45, 7) is 2.13. The summed E-state index contributed by atoms with van der Waals surface area (Å²) in [6, 6.07) is 7.39. The van der Waals surface area contributed by atoms with Crippen LogP contribution in [0.25, 0.3) is 0 Å². The van der Waals surface area contributed by atoms with Crippen molar-refractivity contribution in [3.8, 4) is 0 Å². The van der Waals surface area contributed by atoms with E-state index in [4.69, 9.17) is 11.6 Å². The van der Waals surface area contributed by atoms with Gasteiger partial charge in [0.1, 0.15) is 0 Å². The average Bonchev–Trinajstić information content (AvgIpc) is 2.43. The van der Waals surface area contributed by atoms with E-state index in [-0.39, 0.29) is 18.2 Å². The highest BCUT2D eigenvalue weighted by atomic mass is 35.5. The van der Waals surface area contributed by atoms with Gasteiger partial charge in [-0.1, -0.05) is 37.1 Å². The van der Waals surface area contributed by atoms with Crippen molar-refractivity contribution in [3.05, 3.63) is 34.9 Å². The summed E-state index contributed by atoms with van der Waals surface area (Å²) in [5.41, 5.74) is 1.02. The minimum absolute atomic E-state index is 0.0549. The van der Waals surface area contributed by atoms with Crippen molar-refractivity contribution in [2.45, 2.75) is 26.2 Å². The van der Waals surface area contributed by atoms with Crippen molar-refractivity contribution in [1.29, 1.82) is 0 Å². The molecule has 0 atom stereocenters. The summed E-state index contributed by atoms with van der Waals surface area (Å²) in [5.74, 6) is -0.281. The Labute approximate surface area is 131 Å². The van der Waals surface area contributed by atoms with Crippen LogP contribution in [0.2, 0.25) is 5.02 Å². The second-order valence-electron chi connectivity index (χ2n) is 4.72. The first kappa shape index (κ1) is 17.9. The number of halogens is 1. The summed E-state index contributed by atoms with van der Waals surface area (Å²) in [6.07, 6.45) is 2.04. The zero-order chi connectivity index (χ0) is 15.7. The third-order valence-corrected chi connectivity index (χ3v) is 4.49. The van der Waals surface area contributed by atoms with Crippen LogP contribution in [0.5, 0.6) is 0 Å². The molecule has 0 saturated heterocycles. The molecule has 7 heteroatoms. The number of carbonyl (C=O) groups excluding carboxylic acids is 1. The lowest BCUT2D eigenvalue weighted by atomic mass is 10.1. The molecule has 0 bridgehead atoms. The van der Waals surface area contributed by atoms with Gasteiger partial charge >= 0.3 is 0 Å². The molecule has 0 aromatic heterocycles. The third kappa shape index (κ3) is 8.04. The first-order valence-corrected chi connectivity index (χ1v) is 8.94. The van der Waals surface area contributed by atoms with Gasteiger partial charge in [0.25, 0.3) is 0 Å². The number of hydrogen-bond donors (Lipinski definition) is 2. The molecule has 2 N–H and O–H groups in total.